The highest BCUT2D eigenvalue weighted by Crippen LogP contribution is 2.38. The number of benzene rings is 1. The molecule has 4 N–H and O–H groups in total. The van der Waals surface area contributed by atoms with Gasteiger partial charge in [0.2, 0.25) is 0 Å². The Morgan fingerprint density at radius 3 is 2.78 bits per heavy atom. The van der Waals surface area contributed by atoms with Crippen LogP contribution in [0.3, 0.4) is 0 Å². The Bertz CT molecular complexity index is 397. The van der Waals surface area contributed by atoms with Crippen LogP contribution >= 0.6 is 0 Å². The molecule has 2 rings (SSSR count). The molecule has 4 nitrogen and oxygen atoms in total. The van der Waals surface area contributed by atoms with Crippen molar-refractivity contribution >= 4 is 11.4 Å². The first-order valence-electron chi connectivity index (χ1n) is 6.61. The SMILES string of the molecule is CCCOc1cccc(NC2(CO)CCC2)c1N. The molecule has 0 radical (unpaired) electrons. The topological polar surface area (TPSA) is 67.5 Å². The Kier molecular flexibility index (Phi) is 3.97. The highest BCUT2D eigenvalue weighted by molar-refractivity contribution is 5.73. The van der Waals surface area contributed by atoms with Crippen molar-refractivity contribution in [3.8, 4) is 5.75 Å². The zero-order valence-electron chi connectivity index (χ0n) is 10.9. The summed E-state index contributed by atoms with van der Waals surface area (Å²) < 4.78 is 5.60. The summed E-state index contributed by atoms with van der Waals surface area (Å²) in [5.41, 5.74) is 7.40. The average Bonchev–Trinajstić information content (AvgIpc) is 2.34. The van der Waals surface area contributed by atoms with Crippen molar-refractivity contribution in [3.05, 3.63) is 18.2 Å². The lowest BCUT2D eigenvalue weighted by Crippen LogP contribution is -2.48. The van der Waals surface area contributed by atoms with Crippen molar-refractivity contribution in [1.29, 1.82) is 0 Å². The van der Waals surface area contributed by atoms with Crippen LogP contribution in [0.1, 0.15) is 32.6 Å². The third-order valence-electron chi connectivity index (χ3n) is 3.54. The highest BCUT2D eigenvalue weighted by Gasteiger charge is 2.36. The van der Waals surface area contributed by atoms with Gasteiger partial charge in [-0.15, -0.1) is 0 Å². The molecule has 1 aliphatic rings. The molecular weight excluding hydrogens is 228 g/mol. The van der Waals surface area contributed by atoms with E-state index in [2.05, 4.69) is 12.2 Å². The number of rotatable bonds is 6. The fraction of sp³-hybridized carbons (Fsp3) is 0.571. The molecule has 0 aliphatic heterocycles. The number of nitrogens with one attached hydrogen (secondary N) is 1. The van der Waals surface area contributed by atoms with E-state index in [9.17, 15) is 5.11 Å². The Morgan fingerprint density at radius 1 is 1.44 bits per heavy atom. The maximum atomic E-state index is 9.46. The fourth-order valence-corrected chi connectivity index (χ4v) is 2.20. The van der Waals surface area contributed by atoms with E-state index in [1.54, 1.807) is 0 Å². The molecule has 100 valence electrons. The molecule has 1 fully saturated rings. The van der Waals surface area contributed by atoms with Gasteiger partial charge in [-0.05, 0) is 37.8 Å². The van der Waals surface area contributed by atoms with Gasteiger partial charge in [0.1, 0.15) is 5.75 Å². The molecule has 1 aromatic rings. The van der Waals surface area contributed by atoms with Gasteiger partial charge in [-0.2, -0.15) is 0 Å². The van der Waals surface area contributed by atoms with Crippen molar-refractivity contribution in [1.82, 2.24) is 0 Å². The molecule has 0 saturated heterocycles. The molecule has 0 aromatic heterocycles. The van der Waals surface area contributed by atoms with E-state index >= 15 is 0 Å². The number of aliphatic hydroxyl groups excluding tert-OH is 1. The summed E-state index contributed by atoms with van der Waals surface area (Å²) in [5, 5.41) is 12.8. The van der Waals surface area contributed by atoms with Crippen LogP contribution in [0.15, 0.2) is 18.2 Å². The van der Waals surface area contributed by atoms with Gasteiger partial charge < -0.3 is 20.9 Å². The minimum atomic E-state index is -0.183. The lowest BCUT2D eigenvalue weighted by Gasteiger charge is -2.42. The highest BCUT2D eigenvalue weighted by atomic mass is 16.5. The van der Waals surface area contributed by atoms with Crippen LogP contribution in [-0.4, -0.2) is 23.9 Å². The Labute approximate surface area is 108 Å². The smallest absolute Gasteiger partial charge is 0.144 e. The van der Waals surface area contributed by atoms with Crippen molar-refractivity contribution in [2.24, 2.45) is 0 Å². The van der Waals surface area contributed by atoms with Crippen LogP contribution in [-0.2, 0) is 0 Å². The number of anilines is 2. The standard InChI is InChI=1S/C14H22N2O2/c1-2-9-18-12-6-3-5-11(13(12)15)16-14(10-17)7-4-8-14/h3,5-6,16-17H,2,4,7-10,15H2,1H3. The van der Waals surface area contributed by atoms with Crippen LogP contribution in [0.25, 0.3) is 0 Å². The number of hydrogen-bond acceptors (Lipinski definition) is 4. The molecule has 1 aromatic carbocycles. The Morgan fingerprint density at radius 2 is 2.22 bits per heavy atom. The van der Waals surface area contributed by atoms with Crippen LogP contribution in [0.4, 0.5) is 11.4 Å². The van der Waals surface area contributed by atoms with E-state index in [-0.39, 0.29) is 12.1 Å². The predicted molar refractivity (Wildman–Crippen MR) is 73.9 cm³/mol. The van der Waals surface area contributed by atoms with Crippen molar-refractivity contribution in [2.75, 3.05) is 24.3 Å². The van der Waals surface area contributed by atoms with Gasteiger partial charge in [-0.1, -0.05) is 13.0 Å². The van der Waals surface area contributed by atoms with Gasteiger partial charge in [0, 0.05) is 0 Å². The second-order valence-electron chi connectivity index (χ2n) is 4.98. The lowest BCUT2D eigenvalue weighted by molar-refractivity contribution is 0.144. The van der Waals surface area contributed by atoms with Gasteiger partial charge in [0.25, 0.3) is 0 Å². The normalized spacial score (nSPS) is 17.0. The molecule has 0 unspecified atom stereocenters. The van der Waals surface area contributed by atoms with Crippen molar-refractivity contribution in [2.45, 2.75) is 38.1 Å². The number of aliphatic hydroxyl groups is 1. The minimum absolute atomic E-state index is 0.145. The number of ether oxygens (including phenoxy) is 1. The summed E-state index contributed by atoms with van der Waals surface area (Å²) in [6.45, 7) is 2.87. The van der Waals surface area contributed by atoms with Gasteiger partial charge in [0.15, 0.2) is 0 Å². The summed E-state index contributed by atoms with van der Waals surface area (Å²) in [7, 11) is 0. The molecule has 18 heavy (non-hydrogen) atoms. The van der Waals surface area contributed by atoms with Crippen molar-refractivity contribution in [3.63, 3.8) is 0 Å². The number of nitrogens with two attached hydrogens (primary N) is 1. The first kappa shape index (κ1) is 13.0. The van der Waals surface area contributed by atoms with E-state index < -0.39 is 0 Å². The molecule has 1 saturated carbocycles. The summed E-state index contributed by atoms with van der Waals surface area (Å²) in [6.07, 6.45) is 4.09. The molecule has 1 aliphatic carbocycles. The van der Waals surface area contributed by atoms with Crippen molar-refractivity contribution < 1.29 is 9.84 Å². The molecule has 0 bridgehead atoms. The molecule has 0 atom stereocenters. The zero-order valence-corrected chi connectivity index (χ0v) is 10.9. The van der Waals surface area contributed by atoms with Crippen LogP contribution < -0.4 is 15.8 Å². The third kappa shape index (κ3) is 2.53. The van der Waals surface area contributed by atoms with E-state index in [1.807, 2.05) is 18.2 Å². The van der Waals surface area contributed by atoms with E-state index in [0.717, 1.165) is 31.4 Å². The quantitative estimate of drug-likeness (QED) is 0.678. The van der Waals surface area contributed by atoms with Crippen LogP contribution in [0.5, 0.6) is 5.75 Å². The summed E-state index contributed by atoms with van der Waals surface area (Å²) in [4.78, 5) is 0. The van der Waals surface area contributed by atoms with Gasteiger partial charge in [-0.25, -0.2) is 0 Å². The molecule has 0 amide bonds. The third-order valence-corrected chi connectivity index (χ3v) is 3.54. The zero-order chi connectivity index (χ0) is 13.0. The van der Waals surface area contributed by atoms with Crippen LogP contribution in [0, 0.1) is 0 Å². The largest absolute Gasteiger partial charge is 0.491 e. The first-order chi connectivity index (χ1) is 8.71. The van der Waals surface area contributed by atoms with Gasteiger partial charge in [-0.3, -0.25) is 0 Å². The Balaban J connectivity index is 2.12. The average molecular weight is 250 g/mol. The fourth-order valence-electron chi connectivity index (χ4n) is 2.20. The maximum absolute atomic E-state index is 9.46. The number of hydrogen-bond donors (Lipinski definition) is 3. The monoisotopic (exact) mass is 250 g/mol. The number of nitrogen functional groups attached to an aromatic ring is 1. The maximum Gasteiger partial charge on any atom is 0.144 e. The second kappa shape index (κ2) is 5.48. The Hall–Kier alpha value is -1.42. The van der Waals surface area contributed by atoms with E-state index in [0.29, 0.717) is 18.0 Å². The lowest BCUT2D eigenvalue weighted by atomic mass is 9.77. The summed E-state index contributed by atoms with van der Waals surface area (Å²) in [6, 6.07) is 5.74. The summed E-state index contributed by atoms with van der Waals surface area (Å²) in [5.74, 6) is 0.717. The van der Waals surface area contributed by atoms with E-state index in [1.165, 1.54) is 0 Å². The molecule has 4 heteroatoms. The molecular formula is C14H22N2O2. The van der Waals surface area contributed by atoms with Gasteiger partial charge >= 0.3 is 0 Å². The second-order valence-corrected chi connectivity index (χ2v) is 4.98. The molecule has 0 spiro atoms. The van der Waals surface area contributed by atoms with Crippen LogP contribution in [0.2, 0.25) is 0 Å². The minimum Gasteiger partial charge on any atom is -0.491 e. The number of para-hydroxylation sites is 1. The predicted octanol–water partition coefficient (Wildman–Crippen LogP) is 2.38. The first-order valence-corrected chi connectivity index (χ1v) is 6.61. The molecule has 0 heterocycles. The summed E-state index contributed by atoms with van der Waals surface area (Å²) >= 11 is 0. The van der Waals surface area contributed by atoms with E-state index in [4.69, 9.17) is 10.5 Å². The van der Waals surface area contributed by atoms with Gasteiger partial charge in [0.05, 0.1) is 30.1 Å².